The molecule has 1 aliphatic heterocycles. The number of para-hydroxylation sites is 1. The molecule has 2 rings (SSSR count). The van der Waals surface area contributed by atoms with Crippen LogP contribution in [0.15, 0.2) is 47.7 Å². The molecule has 1 heterocycles. The number of allylic oxidation sites excluding steroid dienone is 4. The molecule has 0 spiro atoms. The Hall–Kier alpha value is -1.83. The normalized spacial score (nSPS) is 19.4. The van der Waals surface area contributed by atoms with E-state index in [-0.39, 0.29) is 11.2 Å². The Balaban J connectivity index is 2.47. The number of likely N-dealkylation sites (N-methyl/N-ethyl adjacent to an activating group) is 1. The molecule has 0 radical (unpaired) electrons. The van der Waals surface area contributed by atoms with E-state index in [2.05, 4.69) is 56.1 Å². The van der Waals surface area contributed by atoms with Crippen molar-refractivity contribution in [1.29, 1.82) is 0 Å². The topological polar surface area (TPSA) is 20.3 Å². The van der Waals surface area contributed by atoms with Crippen LogP contribution in [0.4, 0.5) is 5.69 Å². The van der Waals surface area contributed by atoms with E-state index in [9.17, 15) is 4.79 Å². The first kappa shape index (κ1) is 14.6. The van der Waals surface area contributed by atoms with Gasteiger partial charge in [-0.1, -0.05) is 45.0 Å². The molecule has 106 valence electrons. The molecule has 2 heteroatoms. The summed E-state index contributed by atoms with van der Waals surface area (Å²) in [4.78, 5) is 13.8. The van der Waals surface area contributed by atoms with Crippen LogP contribution in [0, 0.1) is 0 Å². The second kappa shape index (κ2) is 5.28. The van der Waals surface area contributed by atoms with Gasteiger partial charge in [-0.25, -0.2) is 0 Å². The number of benzene rings is 1. The summed E-state index contributed by atoms with van der Waals surface area (Å²) in [6.07, 6.45) is 4.85. The maximum atomic E-state index is 11.5. The van der Waals surface area contributed by atoms with Crippen LogP contribution in [0.1, 0.15) is 39.7 Å². The van der Waals surface area contributed by atoms with Gasteiger partial charge in [-0.05, 0) is 36.6 Å². The van der Waals surface area contributed by atoms with Crippen molar-refractivity contribution in [2.24, 2.45) is 0 Å². The first-order chi connectivity index (χ1) is 9.39. The van der Waals surface area contributed by atoms with Crippen LogP contribution in [0.25, 0.3) is 0 Å². The summed E-state index contributed by atoms with van der Waals surface area (Å²) in [6, 6.07) is 8.48. The van der Waals surface area contributed by atoms with E-state index in [4.69, 9.17) is 0 Å². The SMILES string of the molecule is CCC(=CC=C1N(C)c2ccccc2C1(C)C)C(C)=O. The zero-order valence-electron chi connectivity index (χ0n) is 13.0. The minimum absolute atomic E-state index is 0.0303. The van der Waals surface area contributed by atoms with E-state index in [1.54, 1.807) is 6.92 Å². The number of fused-ring (bicyclic) bond motifs is 1. The van der Waals surface area contributed by atoms with Crippen LogP contribution in [-0.2, 0) is 10.2 Å². The molecule has 2 nitrogen and oxygen atoms in total. The van der Waals surface area contributed by atoms with Crippen molar-refractivity contribution in [3.8, 4) is 0 Å². The lowest BCUT2D eigenvalue weighted by atomic mass is 9.83. The zero-order valence-corrected chi connectivity index (χ0v) is 13.0. The van der Waals surface area contributed by atoms with Gasteiger partial charge in [-0.3, -0.25) is 4.79 Å². The number of carbonyl (C=O) groups excluding carboxylic acids is 1. The van der Waals surface area contributed by atoms with E-state index in [0.29, 0.717) is 0 Å². The number of hydrogen-bond donors (Lipinski definition) is 0. The largest absolute Gasteiger partial charge is 0.347 e. The molecule has 0 atom stereocenters. The highest BCUT2D eigenvalue weighted by Gasteiger charge is 2.37. The third-order valence-corrected chi connectivity index (χ3v) is 4.22. The molecule has 20 heavy (non-hydrogen) atoms. The number of ketones is 1. The number of nitrogens with zero attached hydrogens (tertiary/aromatic N) is 1. The van der Waals surface area contributed by atoms with Crippen LogP contribution in [0.5, 0.6) is 0 Å². The molecule has 1 aromatic carbocycles. The minimum atomic E-state index is -0.0303. The fourth-order valence-corrected chi connectivity index (χ4v) is 2.97. The van der Waals surface area contributed by atoms with Gasteiger partial charge in [0.05, 0.1) is 0 Å². The molecule has 0 fully saturated rings. The molecule has 0 unspecified atom stereocenters. The van der Waals surface area contributed by atoms with Crippen molar-refractivity contribution in [2.45, 2.75) is 39.5 Å². The van der Waals surface area contributed by atoms with Gasteiger partial charge in [-0.2, -0.15) is 0 Å². The lowest BCUT2D eigenvalue weighted by molar-refractivity contribution is -0.113. The van der Waals surface area contributed by atoms with Crippen molar-refractivity contribution < 1.29 is 4.79 Å². The van der Waals surface area contributed by atoms with Crippen molar-refractivity contribution in [3.05, 3.63) is 53.3 Å². The molecule has 0 amide bonds. The van der Waals surface area contributed by atoms with Crippen molar-refractivity contribution in [2.75, 3.05) is 11.9 Å². The number of hydrogen-bond acceptors (Lipinski definition) is 2. The number of anilines is 1. The summed E-state index contributed by atoms with van der Waals surface area (Å²) < 4.78 is 0. The third-order valence-electron chi connectivity index (χ3n) is 4.22. The molecular formula is C18H23NO. The lowest BCUT2D eigenvalue weighted by Gasteiger charge is -2.23. The smallest absolute Gasteiger partial charge is 0.155 e. The first-order valence-corrected chi connectivity index (χ1v) is 7.15. The van der Waals surface area contributed by atoms with Gasteiger partial charge in [0.2, 0.25) is 0 Å². The Morgan fingerprint density at radius 1 is 1.30 bits per heavy atom. The summed E-state index contributed by atoms with van der Waals surface area (Å²) in [7, 11) is 2.09. The van der Waals surface area contributed by atoms with Crippen LogP contribution >= 0.6 is 0 Å². The van der Waals surface area contributed by atoms with Crippen LogP contribution in [0.2, 0.25) is 0 Å². The molecule has 1 aromatic rings. The average molecular weight is 269 g/mol. The predicted octanol–water partition coefficient (Wildman–Crippen LogP) is 4.22. The first-order valence-electron chi connectivity index (χ1n) is 7.15. The summed E-state index contributed by atoms with van der Waals surface area (Å²) in [6.45, 7) is 8.11. The fraction of sp³-hybridized carbons (Fsp3) is 0.389. The van der Waals surface area contributed by atoms with E-state index < -0.39 is 0 Å². The van der Waals surface area contributed by atoms with E-state index in [1.807, 2.05) is 13.0 Å². The fourth-order valence-electron chi connectivity index (χ4n) is 2.97. The zero-order chi connectivity index (χ0) is 14.9. The molecule has 0 N–H and O–H groups in total. The summed E-state index contributed by atoms with van der Waals surface area (Å²) in [5.74, 6) is 0.153. The van der Waals surface area contributed by atoms with Gasteiger partial charge in [0.1, 0.15) is 0 Å². The molecule has 0 bridgehead atoms. The monoisotopic (exact) mass is 269 g/mol. The predicted molar refractivity (Wildman–Crippen MR) is 85.0 cm³/mol. The maximum Gasteiger partial charge on any atom is 0.155 e. The van der Waals surface area contributed by atoms with E-state index in [1.165, 1.54) is 16.9 Å². The summed E-state index contributed by atoms with van der Waals surface area (Å²) in [5.41, 5.74) is 4.65. The van der Waals surface area contributed by atoms with Crippen molar-refractivity contribution >= 4 is 11.5 Å². The molecule has 0 saturated heterocycles. The molecule has 0 saturated carbocycles. The quantitative estimate of drug-likeness (QED) is 0.766. The van der Waals surface area contributed by atoms with Crippen LogP contribution < -0.4 is 4.90 Å². The maximum absolute atomic E-state index is 11.5. The highest BCUT2D eigenvalue weighted by molar-refractivity contribution is 5.93. The average Bonchev–Trinajstić information content (AvgIpc) is 2.60. The number of carbonyl (C=O) groups is 1. The van der Waals surface area contributed by atoms with E-state index >= 15 is 0 Å². The second-order valence-corrected chi connectivity index (χ2v) is 5.85. The highest BCUT2D eigenvalue weighted by atomic mass is 16.1. The minimum Gasteiger partial charge on any atom is -0.347 e. The molecule has 1 aliphatic rings. The Bertz CT molecular complexity index is 593. The van der Waals surface area contributed by atoms with Crippen molar-refractivity contribution in [3.63, 3.8) is 0 Å². The van der Waals surface area contributed by atoms with Gasteiger partial charge < -0.3 is 4.90 Å². The highest BCUT2D eigenvalue weighted by Crippen LogP contribution is 2.46. The summed E-state index contributed by atoms with van der Waals surface area (Å²) >= 11 is 0. The van der Waals surface area contributed by atoms with Crippen LogP contribution in [0.3, 0.4) is 0 Å². The van der Waals surface area contributed by atoms with E-state index in [0.717, 1.165) is 12.0 Å². The third kappa shape index (κ3) is 2.31. The van der Waals surface area contributed by atoms with Crippen LogP contribution in [-0.4, -0.2) is 12.8 Å². The Kier molecular flexibility index (Phi) is 3.85. The van der Waals surface area contributed by atoms with Gasteiger partial charge in [-0.15, -0.1) is 0 Å². The molecular weight excluding hydrogens is 246 g/mol. The molecule has 0 aromatic heterocycles. The van der Waals surface area contributed by atoms with Crippen molar-refractivity contribution in [1.82, 2.24) is 0 Å². The number of Topliss-reactive ketones (excluding diaryl/α,β-unsaturated/α-hetero) is 1. The molecule has 0 aliphatic carbocycles. The lowest BCUT2D eigenvalue weighted by Crippen LogP contribution is -2.22. The summed E-state index contributed by atoms with van der Waals surface area (Å²) in [5, 5.41) is 0. The number of rotatable bonds is 3. The Labute approximate surface area is 121 Å². The van der Waals surface area contributed by atoms with Gasteiger partial charge >= 0.3 is 0 Å². The second-order valence-electron chi connectivity index (χ2n) is 5.85. The van der Waals surface area contributed by atoms with Gasteiger partial charge in [0, 0.05) is 23.8 Å². The van der Waals surface area contributed by atoms with Gasteiger partial charge in [0.25, 0.3) is 0 Å². The standard InChI is InChI=1S/C18H23NO/c1-6-14(13(2)20)11-12-17-18(3,4)15-9-7-8-10-16(15)19(17)5/h7-12H,6H2,1-5H3. The Morgan fingerprint density at radius 3 is 2.50 bits per heavy atom. The Morgan fingerprint density at radius 2 is 1.95 bits per heavy atom. The van der Waals surface area contributed by atoms with Gasteiger partial charge in [0.15, 0.2) is 5.78 Å².